The fourth-order valence-corrected chi connectivity index (χ4v) is 5.44. The minimum atomic E-state index is -0.192. The number of hydrogen-bond donors (Lipinski definition) is 0. The number of carbonyl (C=O) groups excluding carboxylic acids is 1. The maximum absolute atomic E-state index is 12.0. The Hall–Kier alpha value is -2.35. The molecule has 0 radical (unpaired) electrons. The molecule has 0 saturated heterocycles. The van der Waals surface area contributed by atoms with Gasteiger partial charge in [0.2, 0.25) is 0 Å². The number of benzene rings is 2. The van der Waals surface area contributed by atoms with Gasteiger partial charge in [-0.25, -0.2) is 0 Å². The van der Waals surface area contributed by atoms with Crippen molar-refractivity contribution in [2.24, 2.45) is 16.7 Å². The van der Waals surface area contributed by atoms with Gasteiger partial charge in [0.15, 0.2) is 0 Å². The zero-order chi connectivity index (χ0) is 19.2. The van der Waals surface area contributed by atoms with E-state index in [0.717, 1.165) is 12.8 Å². The number of hydrogen-bond acceptors (Lipinski definition) is 2. The molecule has 0 spiro atoms. The van der Waals surface area contributed by atoms with Crippen molar-refractivity contribution in [2.75, 3.05) is 0 Å². The van der Waals surface area contributed by atoms with E-state index >= 15 is 0 Å². The van der Waals surface area contributed by atoms with Gasteiger partial charge >= 0.3 is 5.97 Å². The van der Waals surface area contributed by atoms with Gasteiger partial charge in [0.25, 0.3) is 0 Å². The maximum Gasteiger partial charge on any atom is 0.303 e. The third-order valence-electron chi connectivity index (χ3n) is 7.23. The number of fused-ring (bicyclic) bond motifs is 2. The van der Waals surface area contributed by atoms with Crippen LogP contribution in [0.15, 0.2) is 66.2 Å². The Bertz CT molecular complexity index is 838. The van der Waals surface area contributed by atoms with Gasteiger partial charge in [0.05, 0.1) is 0 Å². The smallest absolute Gasteiger partial charge is 0.303 e. The molecule has 2 aromatic rings. The van der Waals surface area contributed by atoms with Gasteiger partial charge in [-0.3, -0.25) is 4.79 Å². The second-order valence-corrected chi connectivity index (χ2v) is 8.78. The van der Waals surface area contributed by atoms with Gasteiger partial charge in [-0.2, -0.15) is 0 Å². The van der Waals surface area contributed by atoms with Crippen molar-refractivity contribution in [3.05, 3.63) is 77.4 Å². The predicted octanol–water partition coefficient (Wildman–Crippen LogP) is 5.88. The Morgan fingerprint density at radius 2 is 1.44 bits per heavy atom. The highest BCUT2D eigenvalue weighted by Gasteiger charge is 2.66. The molecule has 0 aromatic heterocycles. The molecule has 2 bridgehead atoms. The van der Waals surface area contributed by atoms with Gasteiger partial charge in [-0.05, 0) is 46.4 Å². The predicted molar refractivity (Wildman–Crippen MR) is 109 cm³/mol. The molecule has 2 aromatic carbocycles. The van der Waals surface area contributed by atoms with Gasteiger partial charge in [-0.15, -0.1) is 0 Å². The standard InChI is InChI=1S/C25H28O2/c1-17(26)27-23-22(20-15-16-25(23,4)24(20,2)3)21(18-11-7-5-8-12-18)19-13-9-6-10-14-19/h5-14,20,23H,15-16H2,1-4H3/t20-,23-,25+/m1/s1. The molecule has 2 nitrogen and oxygen atoms in total. The first-order valence-corrected chi connectivity index (χ1v) is 9.88. The van der Waals surface area contributed by atoms with Crippen LogP contribution in [0.3, 0.4) is 0 Å². The largest absolute Gasteiger partial charge is 0.457 e. The summed E-state index contributed by atoms with van der Waals surface area (Å²) < 4.78 is 6.02. The van der Waals surface area contributed by atoms with Crippen LogP contribution in [0.25, 0.3) is 5.57 Å². The van der Waals surface area contributed by atoms with E-state index < -0.39 is 0 Å². The Labute approximate surface area is 162 Å². The van der Waals surface area contributed by atoms with E-state index in [9.17, 15) is 4.79 Å². The molecule has 0 N–H and O–H groups in total. The molecule has 2 heteroatoms. The van der Waals surface area contributed by atoms with E-state index in [0.29, 0.717) is 5.92 Å². The van der Waals surface area contributed by atoms with Crippen LogP contribution in [-0.4, -0.2) is 12.1 Å². The quantitative estimate of drug-likeness (QED) is 0.639. The molecule has 27 heavy (non-hydrogen) atoms. The molecular weight excluding hydrogens is 332 g/mol. The summed E-state index contributed by atoms with van der Waals surface area (Å²) in [5, 5.41) is 0. The molecule has 2 aliphatic rings. The van der Waals surface area contributed by atoms with Crippen molar-refractivity contribution >= 4 is 11.5 Å². The number of carbonyl (C=O) groups is 1. The first-order valence-electron chi connectivity index (χ1n) is 9.88. The number of rotatable bonds is 3. The summed E-state index contributed by atoms with van der Waals surface area (Å²) >= 11 is 0. The summed E-state index contributed by atoms with van der Waals surface area (Å²) in [6, 6.07) is 21.1. The second kappa shape index (κ2) is 6.37. The van der Waals surface area contributed by atoms with Crippen LogP contribution >= 0.6 is 0 Å². The van der Waals surface area contributed by atoms with E-state index in [2.05, 4.69) is 69.3 Å². The van der Waals surface area contributed by atoms with Crippen molar-refractivity contribution < 1.29 is 9.53 Å². The molecule has 3 atom stereocenters. The molecule has 4 rings (SSSR count). The lowest BCUT2D eigenvalue weighted by molar-refractivity contribution is -0.151. The Morgan fingerprint density at radius 3 is 1.93 bits per heavy atom. The molecule has 0 heterocycles. The number of ether oxygens (including phenoxy) is 1. The van der Waals surface area contributed by atoms with E-state index in [-0.39, 0.29) is 22.9 Å². The van der Waals surface area contributed by atoms with Gasteiger partial charge < -0.3 is 4.74 Å². The molecule has 140 valence electrons. The normalized spacial score (nSPS) is 28.2. The Morgan fingerprint density at radius 1 is 0.926 bits per heavy atom. The van der Waals surface area contributed by atoms with Crippen LogP contribution in [0.5, 0.6) is 0 Å². The summed E-state index contributed by atoms with van der Waals surface area (Å²) in [7, 11) is 0. The summed E-state index contributed by atoms with van der Waals surface area (Å²) in [4.78, 5) is 12.0. The molecule has 2 aliphatic carbocycles. The van der Waals surface area contributed by atoms with E-state index in [4.69, 9.17) is 4.74 Å². The van der Waals surface area contributed by atoms with Crippen molar-refractivity contribution in [3.63, 3.8) is 0 Å². The van der Waals surface area contributed by atoms with Crippen LogP contribution in [0.2, 0.25) is 0 Å². The highest BCUT2D eigenvalue weighted by Crippen LogP contribution is 2.69. The minimum Gasteiger partial charge on any atom is -0.457 e. The van der Waals surface area contributed by atoms with Crippen LogP contribution in [0.1, 0.15) is 51.7 Å². The van der Waals surface area contributed by atoms with Crippen molar-refractivity contribution in [1.82, 2.24) is 0 Å². The van der Waals surface area contributed by atoms with Crippen LogP contribution in [0, 0.1) is 16.7 Å². The molecular formula is C25H28O2. The fraction of sp³-hybridized carbons (Fsp3) is 0.400. The van der Waals surface area contributed by atoms with Gasteiger partial charge in [0.1, 0.15) is 6.10 Å². The fourth-order valence-electron chi connectivity index (χ4n) is 5.44. The van der Waals surface area contributed by atoms with Crippen molar-refractivity contribution in [2.45, 2.75) is 46.6 Å². The summed E-state index contributed by atoms with van der Waals surface area (Å²) in [6.07, 6.45) is 2.09. The summed E-state index contributed by atoms with van der Waals surface area (Å²) in [5.74, 6) is 0.227. The molecule has 2 fully saturated rings. The van der Waals surface area contributed by atoms with Crippen molar-refractivity contribution in [1.29, 1.82) is 0 Å². The zero-order valence-electron chi connectivity index (χ0n) is 16.7. The van der Waals surface area contributed by atoms with E-state index in [1.54, 1.807) is 0 Å². The lowest BCUT2D eigenvalue weighted by atomic mass is 9.70. The number of esters is 1. The highest BCUT2D eigenvalue weighted by atomic mass is 16.5. The second-order valence-electron chi connectivity index (χ2n) is 8.78. The van der Waals surface area contributed by atoms with E-state index in [1.165, 1.54) is 29.2 Å². The van der Waals surface area contributed by atoms with Gasteiger partial charge in [0, 0.05) is 12.3 Å². The highest BCUT2D eigenvalue weighted by molar-refractivity contribution is 5.84. The zero-order valence-corrected chi connectivity index (χ0v) is 16.7. The summed E-state index contributed by atoms with van der Waals surface area (Å²) in [5.41, 5.74) is 5.00. The van der Waals surface area contributed by atoms with Gasteiger partial charge in [-0.1, -0.05) is 81.4 Å². The minimum absolute atomic E-state index is 0.0342. The summed E-state index contributed by atoms with van der Waals surface area (Å²) in [6.45, 7) is 8.54. The monoisotopic (exact) mass is 360 g/mol. The average Bonchev–Trinajstić information content (AvgIpc) is 2.97. The van der Waals surface area contributed by atoms with Crippen LogP contribution in [0.4, 0.5) is 0 Å². The molecule has 2 saturated carbocycles. The van der Waals surface area contributed by atoms with Crippen LogP contribution < -0.4 is 0 Å². The Balaban J connectivity index is 2.01. The lowest BCUT2D eigenvalue weighted by Gasteiger charge is -2.38. The van der Waals surface area contributed by atoms with E-state index in [1.807, 2.05) is 12.1 Å². The first-order chi connectivity index (χ1) is 12.9. The first kappa shape index (κ1) is 18.0. The topological polar surface area (TPSA) is 26.3 Å². The third kappa shape index (κ3) is 2.65. The molecule has 0 aliphatic heterocycles. The SMILES string of the molecule is CC(=O)O[C@@H]1C(=C(c2ccccc2)c2ccccc2)[C@H]2CC[C@]1(C)C2(C)C. The average molecular weight is 360 g/mol. The third-order valence-corrected chi connectivity index (χ3v) is 7.23. The molecule has 0 amide bonds. The lowest BCUT2D eigenvalue weighted by Crippen LogP contribution is -2.38. The Kier molecular flexibility index (Phi) is 4.25. The van der Waals surface area contributed by atoms with Crippen LogP contribution in [-0.2, 0) is 9.53 Å². The van der Waals surface area contributed by atoms with Crippen molar-refractivity contribution in [3.8, 4) is 0 Å². The maximum atomic E-state index is 12.0. The molecule has 0 unspecified atom stereocenters.